The summed E-state index contributed by atoms with van der Waals surface area (Å²) < 4.78 is 0. The van der Waals surface area contributed by atoms with Gasteiger partial charge < -0.3 is 9.90 Å². The van der Waals surface area contributed by atoms with Crippen molar-refractivity contribution in [2.24, 2.45) is 0 Å². The van der Waals surface area contributed by atoms with Gasteiger partial charge in [-0.05, 0) is 19.3 Å². The molecule has 0 unspecified atom stereocenters. The average Bonchev–Trinajstić information content (AvgIpc) is 2.02. The first kappa shape index (κ1) is 11.9. The lowest BCUT2D eigenvalue weighted by Gasteiger charge is -2.01. The molecule has 0 bridgehead atoms. The summed E-state index contributed by atoms with van der Waals surface area (Å²) in [6.45, 7) is 0. The molecule has 0 aliphatic rings. The first-order chi connectivity index (χ1) is 5.77. The van der Waals surface area contributed by atoms with E-state index in [0.29, 0.717) is 0 Å². The van der Waals surface area contributed by atoms with Crippen molar-refractivity contribution in [2.75, 3.05) is 5.33 Å². The van der Waals surface area contributed by atoms with Crippen LogP contribution >= 0.6 is 15.9 Å². The fourth-order valence-corrected chi connectivity index (χ4v) is 1.47. The van der Waals surface area contributed by atoms with Crippen molar-refractivity contribution in [3.8, 4) is 0 Å². The molecule has 3 heteroatoms. The summed E-state index contributed by atoms with van der Waals surface area (Å²) in [5.41, 5.74) is 0. The van der Waals surface area contributed by atoms with Crippen LogP contribution in [-0.2, 0) is 4.79 Å². The second-order valence-electron chi connectivity index (χ2n) is 2.93. The summed E-state index contributed by atoms with van der Waals surface area (Å²) in [6.07, 6.45) is 6.86. The molecule has 0 aromatic rings. The lowest BCUT2D eigenvalue weighted by molar-refractivity contribution is -0.305. The fraction of sp³-hybridized carbons (Fsp3) is 0.889. The van der Waals surface area contributed by atoms with Crippen LogP contribution in [0.1, 0.15) is 44.9 Å². The van der Waals surface area contributed by atoms with E-state index in [-0.39, 0.29) is 6.42 Å². The molecule has 0 fully saturated rings. The summed E-state index contributed by atoms with van der Waals surface area (Å²) >= 11 is 3.37. The highest BCUT2D eigenvalue weighted by molar-refractivity contribution is 9.09. The minimum Gasteiger partial charge on any atom is -0.550 e. The zero-order chi connectivity index (χ0) is 9.23. The highest BCUT2D eigenvalue weighted by atomic mass is 79.9. The van der Waals surface area contributed by atoms with Gasteiger partial charge in [0.2, 0.25) is 0 Å². The number of carbonyl (C=O) groups is 1. The second-order valence-corrected chi connectivity index (χ2v) is 3.73. The third-order valence-electron chi connectivity index (χ3n) is 1.76. The number of alkyl halides is 1. The molecular weight excluding hydrogens is 220 g/mol. The van der Waals surface area contributed by atoms with Crippen LogP contribution in [0.3, 0.4) is 0 Å². The number of carboxylic acids is 1. The maximum atomic E-state index is 10.0. The first-order valence-electron chi connectivity index (χ1n) is 4.53. The molecule has 72 valence electrons. The summed E-state index contributed by atoms with van der Waals surface area (Å²) in [5, 5.41) is 11.1. The van der Waals surface area contributed by atoms with Gasteiger partial charge >= 0.3 is 0 Å². The van der Waals surface area contributed by atoms with Gasteiger partial charge in [0, 0.05) is 11.3 Å². The SMILES string of the molecule is O=C([O-])CCCCCCCCBr. The molecule has 12 heavy (non-hydrogen) atoms. The van der Waals surface area contributed by atoms with E-state index in [9.17, 15) is 9.90 Å². The number of rotatable bonds is 8. The molecule has 0 aliphatic carbocycles. The zero-order valence-corrected chi connectivity index (χ0v) is 8.94. The predicted molar refractivity (Wildman–Crippen MR) is 51.1 cm³/mol. The largest absolute Gasteiger partial charge is 0.550 e. The Morgan fingerprint density at radius 1 is 1.00 bits per heavy atom. The number of aliphatic carboxylic acids is 1. The van der Waals surface area contributed by atoms with Gasteiger partial charge in [0.05, 0.1) is 0 Å². The lowest BCUT2D eigenvalue weighted by atomic mass is 10.1. The van der Waals surface area contributed by atoms with Gasteiger partial charge in [0.15, 0.2) is 0 Å². The van der Waals surface area contributed by atoms with Crippen molar-refractivity contribution in [3.05, 3.63) is 0 Å². The van der Waals surface area contributed by atoms with E-state index >= 15 is 0 Å². The summed E-state index contributed by atoms with van der Waals surface area (Å²) in [6, 6.07) is 0. The number of halogens is 1. The fourth-order valence-electron chi connectivity index (χ4n) is 1.07. The van der Waals surface area contributed by atoms with Crippen LogP contribution in [0, 0.1) is 0 Å². The van der Waals surface area contributed by atoms with Crippen LogP contribution in [0.25, 0.3) is 0 Å². The number of hydrogen-bond donors (Lipinski definition) is 0. The van der Waals surface area contributed by atoms with Gasteiger partial charge in [0.1, 0.15) is 0 Å². The van der Waals surface area contributed by atoms with Gasteiger partial charge in [0.25, 0.3) is 0 Å². The standard InChI is InChI=1S/C9H17BrO2/c10-8-6-4-2-1-3-5-7-9(11)12/h1-8H2,(H,11,12)/p-1. The van der Waals surface area contributed by atoms with E-state index in [1.54, 1.807) is 0 Å². The quantitative estimate of drug-likeness (QED) is 0.476. The van der Waals surface area contributed by atoms with Gasteiger partial charge in [-0.1, -0.05) is 41.6 Å². The summed E-state index contributed by atoms with van der Waals surface area (Å²) in [4.78, 5) is 10.0. The van der Waals surface area contributed by atoms with Crippen molar-refractivity contribution in [3.63, 3.8) is 0 Å². The Labute approximate surface area is 82.5 Å². The Morgan fingerprint density at radius 2 is 1.50 bits per heavy atom. The van der Waals surface area contributed by atoms with Gasteiger partial charge in [-0.25, -0.2) is 0 Å². The molecular formula is C9H16BrO2-. The Hall–Kier alpha value is -0.0500. The smallest absolute Gasteiger partial charge is 0.0414 e. The normalized spacial score (nSPS) is 10.1. The molecule has 0 saturated heterocycles. The van der Waals surface area contributed by atoms with Crippen LogP contribution in [0.2, 0.25) is 0 Å². The minimum atomic E-state index is -0.921. The molecule has 0 aromatic carbocycles. The molecule has 0 amide bonds. The number of hydrogen-bond acceptors (Lipinski definition) is 2. The summed E-state index contributed by atoms with van der Waals surface area (Å²) in [5.74, 6) is -0.921. The molecule has 0 spiro atoms. The molecule has 0 aliphatic heterocycles. The number of carbonyl (C=O) groups excluding carboxylic acids is 1. The van der Waals surface area contributed by atoms with Crippen LogP contribution in [0.15, 0.2) is 0 Å². The van der Waals surface area contributed by atoms with Crippen molar-refractivity contribution in [2.45, 2.75) is 44.9 Å². The Kier molecular flexibility index (Phi) is 9.00. The highest BCUT2D eigenvalue weighted by Gasteiger charge is 1.90. The third kappa shape index (κ3) is 9.95. The predicted octanol–water partition coefficient (Wildman–Crippen LogP) is 1.86. The maximum absolute atomic E-state index is 10.0. The Balaban J connectivity index is 2.86. The van der Waals surface area contributed by atoms with Crippen LogP contribution in [0.4, 0.5) is 0 Å². The molecule has 0 rings (SSSR count). The first-order valence-corrected chi connectivity index (χ1v) is 5.65. The topological polar surface area (TPSA) is 40.1 Å². The van der Waals surface area contributed by atoms with Crippen LogP contribution in [0.5, 0.6) is 0 Å². The van der Waals surface area contributed by atoms with Gasteiger partial charge in [-0.15, -0.1) is 0 Å². The van der Waals surface area contributed by atoms with Crippen molar-refractivity contribution >= 4 is 21.9 Å². The molecule has 2 nitrogen and oxygen atoms in total. The molecule has 0 heterocycles. The van der Waals surface area contributed by atoms with E-state index in [1.165, 1.54) is 19.3 Å². The third-order valence-corrected chi connectivity index (χ3v) is 2.33. The summed E-state index contributed by atoms with van der Waals surface area (Å²) in [7, 11) is 0. The second kappa shape index (κ2) is 9.04. The van der Waals surface area contributed by atoms with Crippen molar-refractivity contribution in [1.29, 1.82) is 0 Å². The molecule has 0 saturated carbocycles. The maximum Gasteiger partial charge on any atom is 0.0414 e. The molecule has 0 radical (unpaired) electrons. The Morgan fingerprint density at radius 3 is 2.00 bits per heavy atom. The minimum absolute atomic E-state index is 0.221. The molecule has 0 aromatic heterocycles. The number of carboxylic acid groups (broad SMARTS) is 1. The van der Waals surface area contributed by atoms with E-state index in [4.69, 9.17) is 0 Å². The Bertz CT molecular complexity index is 115. The highest BCUT2D eigenvalue weighted by Crippen LogP contribution is 2.07. The van der Waals surface area contributed by atoms with E-state index in [2.05, 4.69) is 15.9 Å². The van der Waals surface area contributed by atoms with Crippen LogP contribution in [-0.4, -0.2) is 11.3 Å². The van der Waals surface area contributed by atoms with E-state index < -0.39 is 5.97 Å². The lowest BCUT2D eigenvalue weighted by Crippen LogP contribution is -2.21. The zero-order valence-electron chi connectivity index (χ0n) is 7.35. The van der Waals surface area contributed by atoms with Crippen LogP contribution < -0.4 is 5.11 Å². The van der Waals surface area contributed by atoms with Gasteiger partial charge in [-0.3, -0.25) is 0 Å². The van der Waals surface area contributed by atoms with Crippen molar-refractivity contribution in [1.82, 2.24) is 0 Å². The molecule has 0 N–H and O–H groups in total. The average molecular weight is 236 g/mol. The van der Waals surface area contributed by atoms with E-state index in [0.717, 1.165) is 24.6 Å². The molecule has 0 atom stereocenters. The van der Waals surface area contributed by atoms with Crippen molar-refractivity contribution < 1.29 is 9.90 Å². The number of unbranched alkanes of at least 4 members (excludes halogenated alkanes) is 5. The van der Waals surface area contributed by atoms with Gasteiger partial charge in [-0.2, -0.15) is 0 Å². The monoisotopic (exact) mass is 235 g/mol. The van der Waals surface area contributed by atoms with E-state index in [1.807, 2.05) is 0 Å².